The fraction of sp³-hybridized carbons (Fsp3) is 0.304. The van der Waals surface area contributed by atoms with Crippen LogP contribution in [0, 0.1) is 6.92 Å². The number of aryl methyl sites for hydroxylation is 1. The molecular weight excluding hydrogens is 372 g/mol. The lowest BCUT2D eigenvalue weighted by Gasteiger charge is -2.19. The molecule has 0 amide bonds. The minimum absolute atomic E-state index is 0.0198. The Labute approximate surface area is 170 Å². The highest BCUT2D eigenvalue weighted by Crippen LogP contribution is 2.38. The molecule has 1 aliphatic carbocycles. The van der Waals surface area contributed by atoms with E-state index in [-0.39, 0.29) is 5.78 Å². The van der Waals surface area contributed by atoms with Crippen LogP contribution in [0.4, 0.5) is 0 Å². The van der Waals surface area contributed by atoms with Gasteiger partial charge in [-0.25, -0.2) is 4.79 Å². The van der Waals surface area contributed by atoms with E-state index in [1.54, 1.807) is 24.3 Å². The highest BCUT2D eigenvalue weighted by atomic mass is 16.5. The molecule has 0 unspecified atom stereocenters. The maximum atomic E-state index is 12.4. The molecule has 29 heavy (non-hydrogen) atoms. The van der Waals surface area contributed by atoms with E-state index < -0.39 is 5.97 Å². The molecule has 0 atom stereocenters. The van der Waals surface area contributed by atoms with Gasteiger partial charge in [0, 0.05) is 12.5 Å². The van der Waals surface area contributed by atoms with Crippen molar-refractivity contribution in [1.82, 2.24) is 0 Å². The second kappa shape index (κ2) is 8.82. The maximum Gasteiger partial charge on any atom is 0.336 e. The van der Waals surface area contributed by atoms with E-state index in [4.69, 9.17) is 18.9 Å². The third-order valence-corrected chi connectivity index (χ3v) is 4.93. The van der Waals surface area contributed by atoms with Gasteiger partial charge in [0.2, 0.25) is 5.75 Å². The van der Waals surface area contributed by atoms with Gasteiger partial charge in [-0.2, -0.15) is 0 Å². The molecule has 0 spiro atoms. The highest BCUT2D eigenvalue weighted by molar-refractivity contribution is 6.02. The first-order valence-corrected chi connectivity index (χ1v) is 9.34. The van der Waals surface area contributed by atoms with E-state index in [1.165, 1.54) is 27.4 Å². The van der Waals surface area contributed by atoms with Crippen LogP contribution in [0.25, 0.3) is 6.08 Å². The average Bonchev–Trinajstić information content (AvgIpc) is 2.73. The van der Waals surface area contributed by atoms with Gasteiger partial charge in [0.15, 0.2) is 17.3 Å². The molecule has 2 aromatic carbocycles. The molecule has 152 valence electrons. The Morgan fingerprint density at radius 1 is 0.966 bits per heavy atom. The molecule has 0 saturated carbocycles. The molecule has 2 aromatic rings. The molecule has 0 N–H and O–H groups in total. The second-order valence-electron chi connectivity index (χ2n) is 6.72. The van der Waals surface area contributed by atoms with E-state index in [0.29, 0.717) is 40.5 Å². The number of rotatable bonds is 6. The Bertz CT molecular complexity index is 949. The lowest BCUT2D eigenvalue weighted by Crippen LogP contribution is -2.16. The van der Waals surface area contributed by atoms with Gasteiger partial charge in [-0.1, -0.05) is 6.07 Å². The number of hydrogen-bond acceptors (Lipinski definition) is 6. The molecule has 1 aliphatic rings. The van der Waals surface area contributed by atoms with Crippen LogP contribution < -0.4 is 18.9 Å². The largest absolute Gasteiger partial charge is 0.493 e. The molecule has 3 rings (SSSR count). The number of Topliss-reactive ketones (excluding diaryl/α,β-unsaturated/α-hetero) is 1. The third kappa shape index (κ3) is 4.26. The van der Waals surface area contributed by atoms with Gasteiger partial charge < -0.3 is 18.9 Å². The van der Waals surface area contributed by atoms with Crippen molar-refractivity contribution >= 4 is 17.8 Å². The Kier molecular flexibility index (Phi) is 6.22. The summed E-state index contributed by atoms with van der Waals surface area (Å²) < 4.78 is 21.4. The number of esters is 1. The van der Waals surface area contributed by atoms with Crippen molar-refractivity contribution in [2.24, 2.45) is 0 Å². The Hall–Kier alpha value is -3.28. The van der Waals surface area contributed by atoms with Crippen LogP contribution in [0.2, 0.25) is 0 Å². The van der Waals surface area contributed by atoms with Gasteiger partial charge in [-0.15, -0.1) is 0 Å². The molecule has 0 aliphatic heterocycles. The van der Waals surface area contributed by atoms with E-state index in [1.807, 2.05) is 13.0 Å². The first-order valence-electron chi connectivity index (χ1n) is 9.34. The quantitative estimate of drug-likeness (QED) is 0.415. The van der Waals surface area contributed by atoms with Crippen molar-refractivity contribution in [3.8, 4) is 23.0 Å². The van der Waals surface area contributed by atoms with Crippen molar-refractivity contribution in [3.05, 3.63) is 52.6 Å². The summed E-state index contributed by atoms with van der Waals surface area (Å²) >= 11 is 0. The smallest absolute Gasteiger partial charge is 0.336 e. The van der Waals surface area contributed by atoms with Gasteiger partial charge in [0.05, 0.1) is 26.9 Å². The zero-order valence-corrected chi connectivity index (χ0v) is 17.0. The number of benzene rings is 2. The van der Waals surface area contributed by atoms with Gasteiger partial charge in [-0.3, -0.25) is 4.79 Å². The highest BCUT2D eigenvalue weighted by Gasteiger charge is 2.24. The average molecular weight is 396 g/mol. The number of carbonyl (C=O) groups is 2. The van der Waals surface area contributed by atoms with Crippen LogP contribution >= 0.6 is 0 Å². The number of ether oxygens (including phenoxy) is 4. The lowest BCUT2D eigenvalue weighted by molar-refractivity contribution is -0.128. The summed E-state index contributed by atoms with van der Waals surface area (Å²) in [5, 5.41) is 0. The standard InChI is InChI=1S/C23H24O6/c1-14-8-10-18(22-16(14)6-5-7-17(22)24)29-21(25)11-9-15-12-19(26-2)23(28-4)20(13-15)27-3/h8-13H,5-7H2,1-4H3/b11-9+. The third-order valence-electron chi connectivity index (χ3n) is 4.93. The van der Waals surface area contributed by atoms with Crippen LogP contribution in [-0.4, -0.2) is 33.1 Å². The van der Waals surface area contributed by atoms with Crippen molar-refractivity contribution in [2.75, 3.05) is 21.3 Å². The molecule has 0 radical (unpaired) electrons. The topological polar surface area (TPSA) is 71.1 Å². The SMILES string of the molecule is COc1cc(/C=C/C(=O)Oc2ccc(C)c3c2C(=O)CCC3)cc(OC)c1OC. The second-order valence-corrected chi connectivity index (χ2v) is 6.72. The van der Waals surface area contributed by atoms with Crippen molar-refractivity contribution in [3.63, 3.8) is 0 Å². The van der Waals surface area contributed by atoms with E-state index >= 15 is 0 Å². The fourth-order valence-corrected chi connectivity index (χ4v) is 3.50. The lowest BCUT2D eigenvalue weighted by atomic mass is 9.87. The minimum Gasteiger partial charge on any atom is -0.493 e. The zero-order chi connectivity index (χ0) is 21.0. The fourth-order valence-electron chi connectivity index (χ4n) is 3.50. The normalized spacial score (nSPS) is 13.2. The van der Waals surface area contributed by atoms with Crippen LogP contribution in [0.5, 0.6) is 23.0 Å². The van der Waals surface area contributed by atoms with E-state index in [2.05, 4.69) is 0 Å². The van der Waals surface area contributed by atoms with Crippen molar-refractivity contribution in [2.45, 2.75) is 26.2 Å². The molecule has 6 heteroatoms. The Morgan fingerprint density at radius 3 is 2.28 bits per heavy atom. The summed E-state index contributed by atoms with van der Waals surface area (Å²) in [6.45, 7) is 1.97. The summed E-state index contributed by atoms with van der Waals surface area (Å²) in [6, 6.07) is 7.01. The Morgan fingerprint density at radius 2 is 1.66 bits per heavy atom. The van der Waals surface area contributed by atoms with Crippen molar-refractivity contribution < 1.29 is 28.5 Å². The molecular formula is C23H24O6. The van der Waals surface area contributed by atoms with Gasteiger partial charge in [0.1, 0.15) is 5.75 Å². The monoisotopic (exact) mass is 396 g/mol. The van der Waals surface area contributed by atoms with E-state index in [9.17, 15) is 9.59 Å². The molecule has 0 fully saturated rings. The number of ketones is 1. The molecule has 0 bridgehead atoms. The zero-order valence-electron chi connectivity index (χ0n) is 17.0. The summed E-state index contributed by atoms with van der Waals surface area (Å²) in [4.78, 5) is 24.8. The summed E-state index contributed by atoms with van der Waals surface area (Å²) in [6.07, 6.45) is 5.02. The molecule has 0 aromatic heterocycles. The molecule has 0 heterocycles. The summed E-state index contributed by atoms with van der Waals surface area (Å²) in [7, 11) is 4.57. The van der Waals surface area contributed by atoms with Gasteiger partial charge in [0.25, 0.3) is 0 Å². The van der Waals surface area contributed by atoms with Crippen LogP contribution in [0.1, 0.15) is 39.9 Å². The van der Waals surface area contributed by atoms with E-state index in [0.717, 1.165) is 24.0 Å². The van der Waals surface area contributed by atoms with Gasteiger partial charge in [-0.05, 0) is 60.7 Å². The number of fused-ring (bicyclic) bond motifs is 1. The summed E-state index contributed by atoms with van der Waals surface area (Å²) in [5.41, 5.74) is 3.23. The minimum atomic E-state index is -0.567. The number of methoxy groups -OCH3 is 3. The predicted octanol–water partition coefficient (Wildman–Crippen LogP) is 4.16. The van der Waals surface area contributed by atoms with Crippen LogP contribution in [-0.2, 0) is 11.2 Å². The molecule has 0 saturated heterocycles. The first kappa shape index (κ1) is 20.5. The number of carbonyl (C=O) groups excluding carboxylic acids is 2. The molecule has 6 nitrogen and oxygen atoms in total. The first-order chi connectivity index (χ1) is 14.0. The summed E-state index contributed by atoms with van der Waals surface area (Å²) in [5.74, 6) is 1.21. The van der Waals surface area contributed by atoms with Crippen LogP contribution in [0.3, 0.4) is 0 Å². The number of hydrogen-bond donors (Lipinski definition) is 0. The maximum absolute atomic E-state index is 12.4. The Balaban J connectivity index is 1.84. The van der Waals surface area contributed by atoms with Gasteiger partial charge >= 0.3 is 5.97 Å². The predicted molar refractivity (Wildman–Crippen MR) is 109 cm³/mol. The van der Waals surface area contributed by atoms with Crippen LogP contribution in [0.15, 0.2) is 30.3 Å². The van der Waals surface area contributed by atoms with Crippen molar-refractivity contribution in [1.29, 1.82) is 0 Å².